The summed E-state index contributed by atoms with van der Waals surface area (Å²) in [6.07, 6.45) is 0. The predicted octanol–water partition coefficient (Wildman–Crippen LogP) is 3.25. The molecule has 0 amide bonds. The first-order valence-corrected chi connectivity index (χ1v) is 7.75. The van der Waals surface area contributed by atoms with Gasteiger partial charge >= 0.3 is 0 Å². The average Bonchev–Trinajstić information content (AvgIpc) is 2.43. The van der Waals surface area contributed by atoms with Gasteiger partial charge in [0, 0.05) is 11.8 Å². The summed E-state index contributed by atoms with van der Waals surface area (Å²) >= 11 is 0. The topological polar surface area (TPSA) is 55.4 Å². The lowest BCUT2D eigenvalue weighted by Gasteiger charge is -2.11. The number of rotatable bonds is 4. The van der Waals surface area contributed by atoms with E-state index < -0.39 is 15.8 Å². The number of hydrogen-bond acceptors (Lipinski definition) is 3. The van der Waals surface area contributed by atoms with Crippen molar-refractivity contribution in [2.24, 2.45) is 0 Å². The predicted molar refractivity (Wildman–Crippen MR) is 79.7 cm³/mol. The van der Waals surface area contributed by atoms with Gasteiger partial charge in [0.05, 0.1) is 12.0 Å². The smallest absolute Gasteiger partial charge is 0.262 e. The van der Waals surface area contributed by atoms with E-state index in [9.17, 15) is 12.8 Å². The van der Waals surface area contributed by atoms with Gasteiger partial charge in [0.2, 0.25) is 0 Å². The Hall–Kier alpha value is -2.08. The quantitative estimate of drug-likeness (QED) is 0.943. The normalized spacial score (nSPS) is 11.2. The van der Waals surface area contributed by atoms with Crippen LogP contribution >= 0.6 is 0 Å². The lowest BCUT2D eigenvalue weighted by Crippen LogP contribution is -2.13. The number of halogens is 1. The van der Waals surface area contributed by atoms with Crippen LogP contribution in [0.15, 0.2) is 41.3 Å². The van der Waals surface area contributed by atoms with Crippen molar-refractivity contribution in [1.29, 1.82) is 0 Å². The van der Waals surface area contributed by atoms with Gasteiger partial charge in [0.15, 0.2) is 11.6 Å². The largest absolute Gasteiger partial charge is 0.494 e. The molecule has 112 valence electrons. The number of ether oxygens (including phenoxy) is 1. The SMILES string of the molecule is COc1cc(S(=O)(=O)Nc2ccc(C)c(C)c2)ccc1F. The van der Waals surface area contributed by atoms with E-state index in [1.807, 2.05) is 19.9 Å². The van der Waals surface area contributed by atoms with Crippen LogP contribution in [0.25, 0.3) is 0 Å². The van der Waals surface area contributed by atoms with E-state index >= 15 is 0 Å². The molecular formula is C15H16FNO3S. The van der Waals surface area contributed by atoms with Crippen molar-refractivity contribution in [2.45, 2.75) is 18.7 Å². The molecule has 0 unspecified atom stereocenters. The van der Waals surface area contributed by atoms with Gasteiger partial charge in [-0.1, -0.05) is 6.07 Å². The second-order valence-electron chi connectivity index (χ2n) is 4.70. The van der Waals surface area contributed by atoms with Gasteiger partial charge in [-0.05, 0) is 49.2 Å². The summed E-state index contributed by atoms with van der Waals surface area (Å²) in [7, 11) is -2.51. The van der Waals surface area contributed by atoms with Gasteiger partial charge in [0.1, 0.15) is 0 Å². The molecule has 0 heterocycles. The zero-order valence-electron chi connectivity index (χ0n) is 12.0. The maximum absolute atomic E-state index is 13.3. The van der Waals surface area contributed by atoms with E-state index in [4.69, 9.17) is 4.74 Å². The molecule has 21 heavy (non-hydrogen) atoms. The molecule has 0 fully saturated rings. The lowest BCUT2D eigenvalue weighted by atomic mass is 10.1. The highest BCUT2D eigenvalue weighted by Crippen LogP contribution is 2.24. The van der Waals surface area contributed by atoms with Crippen molar-refractivity contribution in [3.8, 4) is 5.75 Å². The van der Waals surface area contributed by atoms with Gasteiger partial charge < -0.3 is 4.74 Å². The average molecular weight is 309 g/mol. The number of methoxy groups -OCH3 is 1. The van der Waals surface area contributed by atoms with Crippen molar-refractivity contribution in [3.63, 3.8) is 0 Å². The van der Waals surface area contributed by atoms with Crippen molar-refractivity contribution in [1.82, 2.24) is 0 Å². The molecule has 0 aliphatic rings. The third-order valence-corrected chi connectivity index (χ3v) is 4.57. The van der Waals surface area contributed by atoms with E-state index in [-0.39, 0.29) is 10.6 Å². The van der Waals surface area contributed by atoms with Crippen LogP contribution in [0.4, 0.5) is 10.1 Å². The molecule has 1 N–H and O–H groups in total. The molecule has 0 aliphatic carbocycles. The minimum absolute atomic E-state index is 0.0565. The molecule has 0 saturated carbocycles. The lowest BCUT2D eigenvalue weighted by molar-refractivity contribution is 0.385. The Morgan fingerprint density at radius 2 is 1.76 bits per heavy atom. The van der Waals surface area contributed by atoms with E-state index in [1.54, 1.807) is 12.1 Å². The Bertz CT molecular complexity index is 772. The Balaban J connectivity index is 2.35. The monoisotopic (exact) mass is 309 g/mol. The first-order valence-electron chi connectivity index (χ1n) is 6.27. The van der Waals surface area contributed by atoms with E-state index in [2.05, 4.69) is 4.72 Å². The highest BCUT2D eigenvalue weighted by molar-refractivity contribution is 7.92. The first kappa shape index (κ1) is 15.3. The number of anilines is 1. The fourth-order valence-electron chi connectivity index (χ4n) is 1.83. The molecule has 2 aromatic carbocycles. The summed E-state index contributed by atoms with van der Waals surface area (Å²) < 4.78 is 45.2. The molecule has 4 nitrogen and oxygen atoms in total. The third-order valence-electron chi connectivity index (χ3n) is 3.19. The minimum Gasteiger partial charge on any atom is -0.494 e. The summed E-state index contributed by atoms with van der Waals surface area (Å²) in [4.78, 5) is -0.0565. The Morgan fingerprint density at radius 1 is 1.05 bits per heavy atom. The Labute approximate surface area is 123 Å². The van der Waals surface area contributed by atoms with Crippen molar-refractivity contribution >= 4 is 15.7 Å². The third kappa shape index (κ3) is 3.33. The fraction of sp³-hybridized carbons (Fsp3) is 0.200. The van der Waals surface area contributed by atoms with E-state index in [0.717, 1.165) is 23.3 Å². The summed E-state index contributed by atoms with van der Waals surface area (Å²) in [6, 6.07) is 8.67. The first-order chi connectivity index (χ1) is 9.83. The molecule has 0 bridgehead atoms. The molecule has 0 aliphatic heterocycles. The molecule has 0 spiro atoms. The second kappa shape index (κ2) is 5.73. The molecule has 0 atom stereocenters. The molecule has 0 radical (unpaired) electrons. The van der Waals surface area contributed by atoms with Crippen LogP contribution in [-0.2, 0) is 10.0 Å². The number of hydrogen-bond donors (Lipinski definition) is 1. The molecule has 0 aromatic heterocycles. The van der Waals surface area contributed by atoms with Crippen LogP contribution in [0.1, 0.15) is 11.1 Å². The number of aryl methyl sites for hydroxylation is 2. The standard InChI is InChI=1S/C15H16FNO3S/c1-10-4-5-12(8-11(10)2)17-21(18,19)13-6-7-14(16)15(9-13)20-3/h4-9,17H,1-3H3. The van der Waals surface area contributed by atoms with E-state index in [1.165, 1.54) is 13.2 Å². The maximum atomic E-state index is 13.3. The highest BCUT2D eigenvalue weighted by atomic mass is 32.2. The maximum Gasteiger partial charge on any atom is 0.262 e. The fourth-order valence-corrected chi connectivity index (χ4v) is 2.89. The highest BCUT2D eigenvalue weighted by Gasteiger charge is 2.17. The summed E-state index contributed by atoms with van der Waals surface area (Å²) in [5.74, 6) is -0.722. The van der Waals surface area contributed by atoms with Gasteiger partial charge in [-0.25, -0.2) is 12.8 Å². The van der Waals surface area contributed by atoms with Crippen LogP contribution in [0.2, 0.25) is 0 Å². The van der Waals surface area contributed by atoms with Gasteiger partial charge in [-0.3, -0.25) is 4.72 Å². The summed E-state index contributed by atoms with van der Waals surface area (Å²) in [6.45, 7) is 3.84. The summed E-state index contributed by atoms with van der Waals surface area (Å²) in [5.41, 5.74) is 2.51. The van der Waals surface area contributed by atoms with Crippen molar-refractivity contribution in [2.75, 3.05) is 11.8 Å². The van der Waals surface area contributed by atoms with Gasteiger partial charge in [-0.2, -0.15) is 0 Å². The van der Waals surface area contributed by atoms with Crippen molar-refractivity contribution < 1.29 is 17.5 Å². The molecule has 2 aromatic rings. The van der Waals surface area contributed by atoms with Gasteiger partial charge in [-0.15, -0.1) is 0 Å². The molecular weight excluding hydrogens is 293 g/mol. The number of nitrogens with one attached hydrogen (secondary N) is 1. The van der Waals surface area contributed by atoms with E-state index in [0.29, 0.717) is 5.69 Å². The Kier molecular flexibility index (Phi) is 4.18. The van der Waals surface area contributed by atoms with Crippen LogP contribution < -0.4 is 9.46 Å². The summed E-state index contributed by atoms with van der Waals surface area (Å²) in [5, 5.41) is 0. The minimum atomic E-state index is -3.79. The van der Waals surface area contributed by atoms with Crippen LogP contribution in [-0.4, -0.2) is 15.5 Å². The molecule has 0 saturated heterocycles. The van der Waals surface area contributed by atoms with Crippen molar-refractivity contribution in [3.05, 3.63) is 53.3 Å². The zero-order valence-corrected chi connectivity index (χ0v) is 12.8. The van der Waals surface area contributed by atoms with Crippen LogP contribution in [0.5, 0.6) is 5.75 Å². The van der Waals surface area contributed by atoms with Gasteiger partial charge in [0.25, 0.3) is 10.0 Å². The number of sulfonamides is 1. The second-order valence-corrected chi connectivity index (χ2v) is 6.38. The van der Waals surface area contributed by atoms with Crippen LogP contribution in [0, 0.1) is 19.7 Å². The molecule has 6 heteroatoms. The molecule has 2 rings (SSSR count). The Morgan fingerprint density at radius 3 is 2.38 bits per heavy atom. The van der Waals surface area contributed by atoms with Crippen LogP contribution in [0.3, 0.4) is 0 Å². The zero-order chi connectivity index (χ0) is 15.6. The number of benzene rings is 2.